The highest BCUT2D eigenvalue weighted by molar-refractivity contribution is 8.00. The van der Waals surface area contributed by atoms with Gasteiger partial charge in [-0.25, -0.2) is 14.6 Å². The van der Waals surface area contributed by atoms with Crippen LogP contribution in [0, 0.1) is 0 Å². The first-order valence-electron chi connectivity index (χ1n) is 11.7. The van der Waals surface area contributed by atoms with Gasteiger partial charge in [-0.05, 0) is 18.2 Å². The van der Waals surface area contributed by atoms with Gasteiger partial charge in [-0.15, -0.1) is 0 Å². The summed E-state index contributed by atoms with van der Waals surface area (Å²) in [5.41, 5.74) is 2.88. The molecule has 2 aromatic carbocycles. The van der Waals surface area contributed by atoms with Crippen molar-refractivity contribution in [3.8, 4) is 5.69 Å². The first kappa shape index (κ1) is 23.5. The highest BCUT2D eigenvalue weighted by Crippen LogP contribution is 2.26. The fourth-order valence-electron chi connectivity index (χ4n) is 4.00. The Kier molecular flexibility index (Phi) is 7.37. The van der Waals surface area contributed by atoms with Crippen molar-refractivity contribution in [2.45, 2.75) is 18.1 Å². The molecule has 4 aromatic rings. The summed E-state index contributed by atoms with van der Waals surface area (Å²) in [7, 11) is 1.82. The topological polar surface area (TPSA) is 76.4 Å². The number of aromatic nitrogens is 4. The number of rotatable bonds is 8. The van der Waals surface area contributed by atoms with Crippen LogP contribution in [0.2, 0.25) is 0 Å². The molecule has 0 bridgehead atoms. The number of nitrogens with zero attached hydrogens (tertiary/aromatic N) is 6. The largest absolute Gasteiger partial charge is 0.379 e. The van der Waals surface area contributed by atoms with Gasteiger partial charge in [0.2, 0.25) is 5.91 Å². The van der Waals surface area contributed by atoms with Crippen LogP contribution in [0.3, 0.4) is 0 Å². The fourth-order valence-corrected chi connectivity index (χ4v) is 4.98. The normalized spacial score (nSPS) is 14.3. The monoisotopic (exact) mass is 488 g/mol. The van der Waals surface area contributed by atoms with E-state index in [9.17, 15) is 4.79 Å². The van der Waals surface area contributed by atoms with Crippen LogP contribution in [-0.2, 0) is 22.6 Å². The van der Waals surface area contributed by atoms with E-state index in [4.69, 9.17) is 14.7 Å². The summed E-state index contributed by atoms with van der Waals surface area (Å²) in [5.74, 6) is 1.13. The number of hydrogen-bond donors (Lipinski definition) is 0. The number of hydrogen-bond acceptors (Lipinski definition) is 7. The molecule has 9 heteroatoms. The van der Waals surface area contributed by atoms with E-state index >= 15 is 0 Å². The first-order chi connectivity index (χ1) is 17.2. The van der Waals surface area contributed by atoms with E-state index in [1.807, 2.05) is 72.5 Å². The molecule has 0 aliphatic carbocycles. The van der Waals surface area contributed by atoms with Crippen molar-refractivity contribution in [2.24, 2.45) is 0 Å². The van der Waals surface area contributed by atoms with Crippen LogP contribution in [0.25, 0.3) is 16.6 Å². The van der Waals surface area contributed by atoms with Crippen LogP contribution in [0.4, 0.5) is 0 Å². The summed E-state index contributed by atoms with van der Waals surface area (Å²) < 4.78 is 7.28. The Morgan fingerprint density at radius 1 is 1.06 bits per heavy atom. The van der Waals surface area contributed by atoms with Gasteiger partial charge >= 0.3 is 0 Å². The number of carbonyl (C=O) groups is 1. The van der Waals surface area contributed by atoms with Gasteiger partial charge in [-0.3, -0.25) is 9.69 Å². The van der Waals surface area contributed by atoms with Crippen molar-refractivity contribution < 1.29 is 9.53 Å². The number of carbonyl (C=O) groups excluding carboxylic acids is 1. The summed E-state index contributed by atoms with van der Waals surface area (Å²) in [5, 5.41) is 6.25. The number of morpholine rings is 1. The molecule has 35 heavy (non-hydrogen) atoms. The molecule has 1 saturated heterocycles. The summed E-state index contributed by atoms with van der Waals surface area (Å²) in [6.45, 7) is 4.41. The Labute approximate surface area is 208 Å². The molecule has 0 atom stereocenters. The lowest BCUT2D eigenvalue weighted by Gasteiger charge is -2.26. The zero-order valence-corrected chi connectivity index (χ0v) is 20.5. The highest BCUT2D eigenvalue weighted by atomic mass is 32.2. The molecule has 8 nitrogen and oxygen atoms in total. The standard InChI is InChI=1S/C26H28N6O2S/c1-30(16-20-15-27-32(17-20)21-7-3-2-4-8-21)25(33)19-35-26-22-9-5-6-10-23(22)28-24(29-26)18-31-11-13-34-14-12-31/h2-10,15,17H,11-14,16,18-19H2,1H3. The smallest absolute Gasteiger partial charge is 0.233 e. The maximum absolute atomic E-state index is 12.9. The van der Waals surface area contributed by atoms with Gasteiger partial charge in [-0.2, -0.15) is 5.10 Å². The second kappa shape index (κ2) is 11.0. The SMILES string of the molecule is CN(Cc1cnn(-c2ccccc2)c1)C(=O)CSc1nc(CN2CCOCC2)nc2ccccc12. The summed E-state index contributed by atoms with van der Waals surface area (Å²) in [6.07, 6.45) is 3.77. The average molecular weight is 489 g/mol. The Morgan fingerprint density at radius 3 is 2.66 bits per heavy atom. The van der Waals surface area contributed by atoms with E-state index < -0.39 is 0 Å². The van der Waals surface area contributed by atoms with Gasteiger partial charge in [0.15, 0.2) is 0 Å². The van der Waals surface area contributed by atoms with Gasteiger partial charge < -0.3 is 9.64 Å². The number of fused-ring (bicyclic) bond motifs is 1. The molecular weight excluding hydrogens is 460 g/mol. The average Bonchev–Trinajstić information content (AvgIpc) is 3.36. The molecule has 0 spiro atoms. The molecule has 1 aliphatic rings. The van der Waals surface area contributed by atoms with Crippen molar-refractivity contribution in [2.75, 3.05) is 39.1 Å². The van der Waals surface area contributed by atoms with Gasteiger partial charge in [0, 0.05) is 43.8 Å². The van der Waals surface area contributed by atoms with Gasteiger partial charge in [0.1, 0.15) is 10.9 Å². The maximum atomic E-state index is 12.9. The third-order valence-corrected chi connectivity index (χ3v) is 6.89. The fraction of sp³-hybridized carbons (Fsp3) is 0.308. The third kappa shape index (κ3) is 5.87. The highest BCUT2D eigenvalue weighted by Gasteiger charge is 2.17. The van der Waals surface area contributed by atoms with E-state index in [0.717, 1.165) is 59.3 Å². The first-order valence-corrected chi connectivity index (χ1v) is 12.7. The second-order valence-corrected chi connectivity index (χ2v) is 9.48. The number of thioether (sulfide) groups is 1. The molecule has 5 rings (SSSR count). The van der Waals surface area contributed by atoms with Crippen molar-refractivity contribution >= 4 is 28.6 Å². The zero-order valence-electron chi connectivity index (χ0n) is 19.7. The van der Waals surface area contributed by atoms with Crippen LogP contribution in [0.5, 0.6) is 0 Å². The minimum atomic E-state index is 0.0416. The van der Waals surface area contributed by atoms with Gasteiger partial charge in [-0.1, -0.05) is 48.2 Å². The molecule has 180 valence electrons. The summed E-state index contributed by atoms with van der Waals surface area (Å²) >= 11 is 1.47. The quantitative estimate of drug-likeness (QED) is 0.278. The van der Waals surface area contributed by atoms with E-state index in [2.05, 4.69) is 10.00 Å². The number of benzene rings is 2. The molecule has 0 saturated carbocycles. The van der Waals surface area contributed by atoms with E-state index in [1.165, 1.54) is 11.8 Å². The van der Waals surface area contributed by atoms with E-state index in [-0.39, 0.29) is 5.91 Å². The Hall–Kier alpha value is -3.27. The Balaban J connectivity index is 1.24. The van der Waals surface area contributed by atoms with Crippen molar-refractivity contribution in [1.29, 1.82) is 0 Å². The van der Waals surface area contributed by atoms with Crippen LogP contribution in [-0.4, -0.2) is 74.6 Å². The van der Waals surface area contributed by atoms with Gasteiger partial charge in [0.25, 0.3) is 0 Å². The van der Waals surface area contributed by atoms with Crippen LogP contribution in [0.1, 0.15) is 11.4 Å². The molecule has 1 amide bonds. The lowest BCUT2D eigenvalue weighted by molar-refractivity contribution is -0.127. The molecule has 1 aliphatic heterocycles. The molecule has 0 radical (unpaired) electrons. The number of amides is 1. The predicted molar refractivity (Wildman–Crippen MR) is 136 cm³/mol. The Morgan fingerprint density at radius 2 is 1.83 bits per heavy atom. The lowest BCUT2D eigenvalue weighted by atomic mass is 10.2. The molecule has 3 heterocycles. The van der Waals surface area contributed by atoms with Crippen molar-refractivity contribution in [1.82, 2.24) is 29.5 Å². The number of ether oxygens (including phenoxy) is 1. The maximum Gasteiger partial charge on any atom is 0.233 e. The van der Waals surface area contributed by atoms with Crippen LogP contribution in [0.15, 0.2) is 72.0 Å². The van der Waals surface area contributed by atoms with Crippen LogP contribution < -0.4 is 0 Å². The van der Waals surface area contributed by atoms with Gasteiger partial charge in [0.05, 0.1) is 42.9 Å². The van der Waals surface area contributed by atoms with E-state index in [1.54, 1.807) is 11.1 Å². The second-order valence-electron chi connectivity index (χ2n) is 8.52. The Bertz CT molecular complexity index is 1290. The molecule has 0 unspecified atom stereocenters. The van der Waals surface area contributed by atoms with Crippen LogP contribution >= 0.6 is 11.8 Å². The minimum absolute atomic E-state index is 0.0416. The minimum Gasteiger partial charge on any atom is -0.379 e. The number of para-hydroxylation sites is 2. The van der Waals surface area contributed by atoms with Crippen molar-refractivity contribution in [3.63, 3.8) is 0 Å². The third-order valence-electron chi connectivity index (χ3n) is 5.92. The summed E-state index contributed by atoms with van der Waals surface area (Å²) in [4.78, 5) is 26.6. The molecule has 2 aromatic heterocycles. The van der Waals surface area contributed by atoms with E-state index in [0.29, 0.717) is 18.8 Å². The van der Waals surface area contributed by atoms with Crippen molar-refractivity contribution in [3.05, 3.63) is 78.4 Å². The molecule has 0 N–H and O–H groups in total. The lowest BCUT2D eigenvalue weighted by Crippen LogP contribution is -2.36. The summed E-state index contributed by atoms with van der Waals surface area (Å²) in [6, 6.07) is 17.9. The zero-order chi connectivity index (χ0) is 24.0. The molecule has 1 fully saturated rings. The predicted octanol–water partition coefficient (Wildman–Crippen LogP) is 3.40. The molecular formula is C26H28N6O2S.